The Morgan fingerprint density at radius 3 is 2.25 bits per heavy atom. The molecule has 0 heterocycles. The van der Waals surface area contributed by atoms with Gasteiger partial charge in [-0.25, -0.2) is 8.42 Å². The molecule has 1 atom stereocenters. The van der Waals surface area contributed by atoms with Gasteiger partial charge in [0.1, 0.15) is 5.75 Å². The summed E-state index contributed by atoms with van der Waals surface area (Å²) in [4.78, 5) is 12.4. The minimum Gasteiger partial charge on any atom is -0.497 e. The molecule has 0 unspecified atom stereocenters. The Bertz CT molecular complexity index is 878. The molecule has 0 aliphatic carbocycles. The number of rotatable bonds is 9. The molecule has 0 saturated carbocycles. The predicted octanol–water partition coefficient (Wildman–Crippen LogP) is 3.43. The van der Waals surface area contributed by atoms with Crippen molar-refractivity contribution in [2.75, 3.05) is 14.2 Å². The molecule has 2 aromatic carbocycles. The third-order valence-corrected chi connectivity index (χ3v) is 6.31. The van der Waals surface area contributed by atoms with Crippen LogP contribution in [0.1, 0.15) is 42.6 Å². The highest BCUT2D eigenvalue weighted by atomic mass is 32.2. The molecule has 0 aromatic heterocycles. The zero-order valence-electron chi connectivity index (χ0n) is 16.8. The molecule has 0 bridgehead atoms. The summed E-state index contributed by atoms with van der Waals surface area (Å²) in [5.74, 6) is 0.482. The van der Waals surface area contributed by atoms with Gasteiger partial charge in [0, 0.05) is 25.2 Å². The predicted molar refractivity (Wildman–Crippen MR) is 110 cm³/mol. The van der Waals surface area contributed by atoms with Crippen LogP contribution in [0, 0.1) is 0 Å². The number of ether oxygens (including phenoxy) is 1. The average Bonchev–Trinajstić information content (AvgIpc) is 2.68. The summed E-state index contributed by atoms with van der Waals surface area (Å²) in [6, 6.07) is 13.4. The SMILES string of the molecule is CCC[C@@H](C)NC(=O)c1ccc(CN(C)S(=O)(=O)c2ccc(OC)cc2)cc1. The standard InChI is InChI=1S/C21H28N2O4S/c1-5-6-16(2)22-21(24)18-9-7-17(8-10-18)15-23(3)28(25,26)20-13-11-19(27-4)12-14-20/h7-14,16H,5-6,15H2,1-4H3,(H,22,24)/t16-/m1/s1. The van der Waals surface area contributed by atoms with E-state index in [1.54, 1.807) is 36.4 Å². The van der Waals surface area contributed by atoms with Gasteiger partial charge < -0.3 is 10.1 Å². The quantitative estimate of drug-likeness (QED) is 0.695. The molecule has 0 aliphatic heterocycles. The van der Waals surface area contributed by atoms with E-state index in [1.165, 1.54) is 30.6 Å². The summed E-state index contributed by atoms with van der Waals surface area (Å²) in [5, 5.41) is 2.96. The molecule has 0 fully saturated rings. The van der Waals surface area contributed by atoms with Crippen molar-refractivity contribution >= 4 is 15.9 Å². The first-order chi connectivity index (χ1) is 13.3. The zero-order chi connectivity index (χ0) is 20.7. The highest BCUT2D eigenvalue weighted by molar-refractivity contribution is 7.89. The van der Waals surface area contributed by atoms with Gasteiger partial charge in [0.05, 0.1) is 12.0 Å². The van der Waals surface area contributed by atoms with Crippen LogP contribution in [0.3, 0.4) is 0 Å². The van der Waals surface area contributed by atoms with Crippen molar-refractivity contribution in [1.29, 1.82) is 0 Å². The van der Waals surface area contributed by atoms with Crippen LogP contribution in [-0.2, 0) is 16.6 Å². The molecule has 0 saturated heterocycles. The van der Waals surface area contributed by atoms with Crippen LogP contribution in [-0.4, -0.2) is 38.8 Å². The van der Waals surface area contributed by atoms with E-state index in [4.69, 9.17) is 4.74 Å². The summed E-state index contributed by atoms with van der Waals surface area (Å²) < 4.78 is 31.8. The maximum absolute atomic E-state index is 12.7. The molecule has 2 rings (SSSR count). The number of carbonyl (C=O) groups is 1. The van der Waals surface area contributed by atoms with Crippen molar-refractivity contribution in [2.45, 2.75) is 44.2 Å². The third kappa shape index (κ3) is 5.56. The fourth-order valence-electron chi connectivity index (χ4n) is 2.84. The minimum absolute atomic E-state index is 0.119. The number of nitrogens with one attached hydrogen (secondary N) is 1. The van der Waals surface area contributed by atoms with Crippen LogP contribution in [0.15, 0.2) is 53.4 Å². The summed E-state index contributed by atoms with van der Waals surface area (Å²) in [6.45, 7) is 4.27. The molecular weight excluding hydrogens is 376 g/mol. The lowest BCUT2D eigenvalue weighted by molar-refractivity contribution is 0.0938. The number of benzene rings is 2. The lowest BCUT2D eigenvalue weighted by atomic mass is 10.1. The highest BCUT2D eigenvalue weighted by Gasteiger charge is 2.21. The summed E-state index contributed by atoms with van der Waals surface area (Å²) in [5.41, 5.74) is 1.37. The van der Waals surface area contributed by atoms with E-state index >= 15 is 0 Å². The summed E-state index contributed by atoms with van der Waals surface area (Å²) in [7, 11) is -0.546. The number of methoxy groups -OCH3 is 1. The lowest BCUT2D eigenvalue weighted by Gasteiger charge is -2.18. The summed E-state index contributed by atoms with van der Waals surface area (Å²) >= 11 is 0. The smallest absolute Gasteiger partial charge is 0.251 e. The first-order valence-electron chi connectivity index (χ1n) is 9.28. The van der Waals surface area contributed by atoms with Gasteiger partial charge in [0.25, 0.3) is 5.91 Å². The molecule has 1 N–H and O–H groups in total. The number of hydrogen-bond acceptors (Lipinski definition) is 4. The number of sulfonamides is 1. The fourth-order valence-corrected chi connectivity index (χ4v) is 4.00. The van der Waals surface area contributed by atoms with Gasteiger partial charge in [0.2, 0.25) is 10.0 Å². The molecule has 152 valence electrons. The van der Waals surface area contributed by atoms with Crippen molar-refractivity contribution in [1.82, 2.24) is 9.62 Å². The van der Waals surface area contributed by atoms with E-state index in [2.05, 4.69) is 12.2 Å². The third-order valence-electron chi connectivity index (χ3n) is 4.49. The van der Waals surface area contributed by atoms with E-state index in [-0.39, 0.29) is 23.4 Å². The Balaban J connectivity index is 2.05. The van der Waals surface area contributed by atoms with Crippen molar-refractivity contribution in [2.24, 2.45) is 0 Å². The van der Waals surface area contributed by atoms with Gasteiger partial charge in [-0.1, -0.05) is 25.5 Å². The van der Waals surface area contributed by atoms with Gasteiger partial charge in [-0.3, -0.25) is 4.79 Å². The van der Waals surface area contributed by atoms with Crippen LogP contribution in [0.4, 0.5) is 0 Å². The zero-order valence-corrected chi connectivity index (χ0v) is 17.6. The Morgan fingerprint density at radius 2 is 1.71 bits per heavy atom. The second kappa shape index (κ2) is 9.71. The van der Waals surface area contributed by atoms with Crippen LogP contribution in [0.2, 0.25) is 0 Å². The van der Waals surface area contributed by atoms with E-state index < -0.39 is 10.0 Å². The summed E-state index contributed by atoms with van der Waals surface area (Å²) in [6.07, 6.45) is 1.94. The first-order valence-corrected chi connectivity index (χ1v) is 10.7. The van der Waals surface area contributed by atoms with Gasteiger partial charge in [-0.2, -0.15) is 4.31 Å². The molecule has 7 heteroatoms. The van der Waals surface area contributed by atoms with Gasteiger partial charge in [-0.15, -0.1) is 0 Å². The Labute approximate surface area is 167 Å². The van der Waals surface area contributed by atoms with Crippen LogP contribution < -0.4 is 10.1 Å². The fraction of sp³-hybridized carbons (Fsp3) is 0.381. The second-order valence-corrected chi connectivity index (χ2v) is 8.84. The molecule has 0 aliphatic rings. The second-order valence-electron chi connectivity index (χ2n) is 6.80. The maximum Gasteiger partial charge on any atom is 0.251 e. The maximum atomic E-state index is 12.7. The number of amides is 1. The normalized spacial score (nSPS) is 12.6. The Morgan fingerprint density at radius 1 is 1.11 bits per heavy atom. The monoisotopic (exact) mass is 404 g/mol. The Kier molecular flexibility index (Phi) is 7.60. The minimum atomic E-state index is -3.61. The molecule has 2 aromatic rings. The van der Waals surface area contributed by atoms with Gasteiger partial charge >= 0.3 is 0 Å². The van der Waals surface area contributed by atoms with Crippen molar-refractivity contribution in [3.05, 3.63) is 59.7 Å². The number of nitrogens with zero attached hydrogens (tertiary/aromatic N) is 1. The number of carbonyl (C=O) groups excluding carboxylic acids is 1. The topological polar surface area (TPSA) is 75.7 Å². The van der Waals surface area contributed by atoms with Crippen LogP contribution >= 0.6 is 0 Å². The molecule has 0 radical (unpaired) electrons. The van der Waals surface area contributed by atoms with E-state index in [1.807, 2.05) is 6.92 Å². The molecule has 28 heavy (non-hydrogen) atoms. The molecule has 1 amide bonds. The van der Waals surface area contributed by atoms with E-state index in [9.17, 15) is 13.2 Å². The largest absolute Gasteiger partial charge is 0.497 e. The molecule has 6 nitrogen and oxygen atoms in total. The van der Waals surface area contributed by atoms with E-state index in [0.29, 0.717) is 11.3 Å². The van der Waals surface area contributed by atoms with E-state index in [0.717, 1.165) is 18.4 Å². The van der Waals surface area contributed by atoms with Gasteiger partial charge in [-0.05, 0) is 55.3 Å². The van der Waals surface area contributed by atoms with Crippen molar-refractivity contribution in [3.63, 3.8) is 0 Å². The molecule has 0 spiro atoms. The van der Waals surface area contributed by atoms with Crippen molar-refractivity contribution in [3.8, 4) is 5.75 Å². The lowest BCUT2D eigenvalue weighted by Crippen LogP contribution is -2.32. The van der Waals surface area contributed by atoms with Crippen LogP contribution in [0.25, 0.3) is 0 Å². The highest BCUT2D eigenvalue weighted by Crippen LogP contribution is 2.20. The average molecular weight is 405 g/mol. The number of hydrogen-bond donors (Lipinski definition) is 1. The van der Waals surface area contributed by atoms with Crippen LogP contribution in [0.5, 0.6) is 5.75 Å². The first kappa shape index (κ1) is 21.9. The molecular formula is C21H28N2O4S. The van der Waals surface area contributed by atoms with Gasteiger partial charge in [0.15, 0.2) is 0 Å². The Hall–Kier alpha value is -2.38. The van der Waals surface area contributed by atoms with Crippen molar-refractivity contribution < 1.29 is 17.9 Å².